The van der Waals surface area contributed by atoms with Crippen molar-refractivity contribution in [3.8, 4) is 17.0 Å². The van der Waals surface area contributed by atoms with Gasteiger partial charge in [-0.2, -0.15) is 5.10 Å². The Kier molecular flexibility index (Phi) is 3.11. The van der Waals surface area contributed by atoms with E-state index in [-0.39, 0.29) is 11.2 Å². The molecule has 0 unspecified atom stereocenters. The predicted octanol–water partition coefficient (Wildman–Crippen LogP) is 3.42. The van der Waals surface area contributed by atoms with Gasteiger partial charge in [-0.15, -0.1) is 0 Å². The molecule has 5 heteroatoms. The number of nitrogens with two attached hydrogens (primary N) is 1. The van der Waals surface area contributed by atoms with Crippen molar-refractivity contribution in [2.45, 2.75) is 26.2 Å². The fourth-order valence-electron chi connectivity index (χ4n) is 1.85. The van der Waals surface area contributed by atoms with Gasteiger partial charge in [0.1, 0.15) is 11.6 Å². The average Bonchev–Trinajstić information content (AvgIpc) is 2.66. The Hall–Kier alpha value is -1.49. The second kappa shape index (κ2) is 4.31. The lowest BCUT2D eigenvalue weighted by Gasteiger charge is -2.22. The van der Waals surface area contributed by atoms with E-state index < -0.39 is 0 Å². The highest BCUT2D eigenvalue weighted by Gasteiger charge is 2.22. The predicted molar refractivity (Wildman–Crippen MR) is 76.5 cm³/mol. The molecule has 0 bridgehead atoms. The number of benzene rings is 1. The molecule has 0 aliphatic carbocycles. The first-order valence-electron chi connectivity index (χ1n) is 5.63. The Morgan fingerprint density at radius 2 is 1.94 bits per heavy atom. The van der Waals surface area contributed by atoms with Crippen LogP contribution < -0.4 is 5.73 Å². The van der Waals surface area contributed by atoms with Crippen molar-refractivity contribution in [3.63, 3.8) is 0 Å². The van der Waals surface area contributed by atoms with Gasteiger partial charge < -0.3 is 10.8 Å². The Labute approximate surface area is 114 Å². The minimum absolute atomic E-state index is 0.145. The number of rotatable bonds is 1. The smallest absolute Gasteiger partial charge is 0.145 e. The summed E-state index contributed by atoms with van der Waals surface area (Å²) in [4.78, 5) is 0. The minimum atomic E-state index is -0.145. The maximum atomic E-state index is 10.4. The minimum Gasteiger partial charge on any atom is -0.507 e. The van der Waals surface area contributed by atoms with Gasteiger partial charge in [-0.3, -0.25) is 5.10 Å². The lowest BCUT2D eigenvalue weighted by atomic mass is 9.85. The first-order valence-corrected chi connectivity index (χ1v) is 6.42. The first-order chi connectivity index (χ1) is 8.29. The lowest BCUT2D eigenvalue weighted by molar-refractivity contribution is 0.448. The van der Waals surface area contributed by atoms with Crippen LogP contribution in [0.25, 0.3) is 11.3 Å². The normalized spacial score (nSPS) is 11.8. The van der Waals surface area contributed by atoms with Crippen molar-refractivity contribution in [2.24, 2.45) is 0 Å². The topological polar surface area (TPSA) is 74.9 Å². The maximum Gasteiger partial charge on any atom is 0.145 e. The Balaban J connectivity index is 2.66. The second-order valence-electron chi connectivity index (χ2n) is 5.31. The molecule has 0 radical (unpaired) electrons. The van der Waals surface area contributed by atoms with Gasteiger partial charge in [0.15, 0.2) is 0 Å². The molecule has 0 amide bonds. The number of aromatic hydroxyl groups is 1. The van der Waals surface area contributed by atoms with Crippen molar-refractivity contribution in [1.82, 2.24) is 10.2 Å². The van der Waals surface area contributed by atoms with Crippen LogP contribution in [0, 0.1) is 0 Å². The number of nitrogens with zero attached hydrogens (tertiary/aromatic N) is 1. The number of hydrogen-bond acceptors (Lipinski definition) is 3. The number of aromatic nitrogens is 2. The summed E-state index contributed by atoms with van der Waals surface area (Å²) in [5.41, 5.74) is 7.72. The molecule has 96 valence electrons. The van der Waals surface area contributed by atoms with E-state index in [2.05, 4.69) is 46.9 Å². The van der Waals surface area contributed by atoms with Crippen LogP contribution in [-0.2, 0) is 5.41 Å². The van der Waals surface area contributed by atoms with Crippen LogP contribution in [0.15, 0.2) is 22.7 Å². The fraction of sp³-hybridized carbons (Fsp3) is 0.308. The summed E-state index contributed by atoms with van der Waals surface area (Å²) >= 11 is 3.47. The second-order valence-corrected chi connectivity index (χ2v) is 6.22. The van der Waals surface area contributed by atoms with Gasteiger partial charge in [0, 0.05) is 21.7 Å². The molecule has 1 heterocycles. The zero-order chi connectivity index (χ0) is 13.5. The summed E-state index contributed by atoms with van der Waals surface area (Å²) in [6.07, 6.45) is 0. The third kappa shape index (κ3) is 2.36. The number of hydrogen-bond donors (Lipinski definition) is 3. The Bertz CT molecular complexity index is 584. The van der Waals surface area contributed by atoms with Gasteiger partial charge in [-0.25, -0.2) is 0 Å². The molecule has 0 atom stereocenters. The molecule has 0 aliphatic heterocycles. The Morgan fingerprint density at radius 3 is 2.44 bits per heavy atom. The van der Waals surface area contributed by atoms with Crippen LogP contribution in [0.5, 0.6) is 5.75 Å². The lowest BCUT2D eigenvalue weighted by Crippen LogP contribution is -2.11. The van der Waals surface area contributed by atoms with Gasteiger partial charge in [0.2, 0.25) is 0 Å². The van der Waals surface area contributed by atoms with Gasteiger partial charge in [-0.1, -0.05) is 36.7 Å². The zero-order valence-electron chi connectivity index (χ0n) is 10.6. The number of aromatic amines is 1. The van der Waals surface area contributed by atoms with Gasteiger partial charge in [-0.05, 0) is 17.5 Å². The van der Waals surface area contributed by atoms with Crippen LogP contribution in [-0.4, -0.2) is 15.3 Å². The Morgan fingerprint density at radius 1 is 1.28 bits per heavy atom. The van der Waals surface area contributed by atoms with Gasteiger partial charge in [0.25, 0.3) is 0 Å². The standard InChI is InChI=1S/C13H16BrN3O/c1-13(2,3)9-5-7(14)4-8(12(9)18)10-6-11(15)17-16-10/h4-6,18H,1-3H3,(H3,15,16,17). The zero-order valence-corrected chi connectivity index (χ0v) is 12.2. The van der Waals surface area contributed by atoms with E-state index in [0.717, 1.165) is 10.0 Å². The summed E-state index contributed by atoms with van der Waals surface area (Å²) in [5, 5.41) is 17.1. The fourth-order valence-corrected chi connectivity index (χ4v) is 2.31. The molecule has 18 heavy (non-hydrogen) atoms. The van der Waals surface area contributed by atoms with Crippen molar-refractivity contribution >= 4 is 21.7 Å². The quantitative estimate of drug-likeness (QED) is 0.755. The van der Waals surface area contributed by atoms with Gasteiger partial charge >= 0.3 is 0 Å². The third-order valence-electron chi connectivity index (χ3n) is 2.77. The molecular formula is C13H16BrN3O. The molecule has 2 rings (SSSR count). The molecule has 2 aromatic rings. The molecule has 1 aromatic heterocycles. The maximum absolute atomic E-state index is 10.4. The highest BCUT2D eigenvalue weighted by Crippen LogP contribution is 2.40. The summed E-state index contributed by atoms with van der Waals surface area (Å²) in [6, 6.07) is 5.48. The first kappa shape index (κ1) is 13.0. The third-order valence-corrected chi connectivity index (χ3v) is 3.23. The summed E-state index contributed by atoms with van der Waals surface area (Å²) in [5.74, 6) is 0.663. The molecule has 0 saturated heterocycles. The molecule has 4 N–H and O–H groups in total. The molecule has 0 spiro atoms. The van der Waals surface area contributed by atoms with Crippen LogP contribution in [0.3, 0.4) is 0 Å². The van der Waals surface area contributed by atoms with Crippen molar-refractivity contribution in [3.05, 3.63) is 28.2 Å². The van der Waals surface area contributed by atoms with Crippen molar-refractivity contribution in [2.75, 3.05) is 5.73 Å². The number of nitrogens with one attached hydrogen (secondary N) is 1. The number of H-pyrrole nitrogens is 1. The monoisotopic (exact) mass is 309 g/mol. The molecule has 4 nitrogen and oxygen atoms in total. The van der Waals surface area contributed by atoms with E-state index in [4.69, 9.17) is 5.73 Å². The molecule has 1 aromatic carbocycles. The van der Waals surface area contributed by atoms with E-state index in [1.165, 1.54) is 0 Å². The summed E-state index contributed by atoms with van der Waals surface area (Å²) in [6.45, 7) is 6.17. The number of halogens is 1. The number of nitrogen functional groups attached to an aromatic ring is 1. The number of phenols is 1. The van der Waals surface area contributed by atoms with Crippen LogP contribution in [0.4, 0.5) is 5.82 Å². The SMILES string of the molecule is CC(C)(C)c1cc(Br)cc(-c2cc(N)n[nH]2)c1O. The van der Waals surface area contributed by atoms with Crippen molar-refractivity contribution in [1.29, 1.82) is 0 Å². The summed E-state index contributed by atoms with van der Waals surface area (Å²) in [7, 11) is 0. The molecule has 0 aliphatic rings. The highest BCUT2D eigenvalue weighted by atomic mass is 79.9. The van der Waals surface area contributed by atoms with E-state index in [1.54, 1.807) is 6.07 Å². The van der Waals surface area contributed by atoms with Crippen LogP contribution in [0.1, 0.15) is 26.3 Å². The van der Waals surface area contributed by atoms with Gasteiger partial charge in [0.05, 0.1) is 5.69 Å². The van der Waals surface area contributed by atoms with E-state index >= 15 is 0 Å². The average molecular weight is 310 g/mol. The van der Waals surface area contributed by atoms with E-state index in [9.17, 15) is 5.11 Å². The molecule has 0 fully saturated rings. The largest absolute Gasteiger partial charge is 0.507 e. The van der Waals surface area contributed by atoms with E-state index in [1.807, 2.05) is 12.1 Å². The van der Waals surface area contributed by atoms with E-state index in [0.29, 0.717) is 17.1 Å². The molecular weight excluding hydrogens is 294 g/mol. The van der Waals surface area contributed by atoms with Crippen LogP contribution >= 0.6 is 15.9 Å². The number of anilines is 1. The van der Waals surface area contributed by atoms with Crippen LogP contribution in [0.2, 0.25) is 0 Å². The van der Waals surface area contributed by atoms with Crippen molar-refractivity contribution < 1.29 is 5.11 Å². The summed E-state index contributed by atoms with van der Waals surface area (Å²) < 4.78 is 0.911. The highest BCUT2D eigenvalue weighted by molar-refractivity contribution is 9.10. The number of phenolic OH excluding ortho intramolecular Hbond substituents is 1. The molecule has 0 saturated carbocycles.